The molecule has 2 aromatic heterocycles. The van der Waals surface area contributed by atoms with Crippen molar-refractivity contribution < 1.29 is 0 Å². The minimum Gasteiger partial charge on any atom is -0.353 e. The van der Waals surface area contributed by atoms with Crippen molar-refractivity contribution in [1.29, 1.82) is 0 Å². The Bertz CT molecular complexity index is 1120. The molecule has 0 saturated heterocycles. The van der Waals surface area contributed by atoms with Crippen molar-refractivity contribution in [2.24, 2.45) is 0 Å². The number of nitrogens with zero attached hydrogens (tertiary/aromatic N) is 6. The Labute approximate surface area is 182 Å². The third-order valence-corrected chi connectivity index (χ3v) is 5.25. The Balaban J connectivity index is 1.64. The number of imidazole rings is 1. The average Bonchev–Trinajstić information content (AvgIpc) is 3.25. The molecule has 0 spiro atoms. The van der Waals surface area contributed by atoms with Crippen LogP contribution in [0.25, 0.3) is 17.0 Å². The molecular weight excluding hydrogens is 388 g/mol. The summed E-state index contributed by atoms with van der Waals surface area (Å²) in [6, 6.07) is 18.4. The minimum atomic E-state index is 0.320. The van der Waals surface area contributed by atoms with Crippen molar-refractivity contribution in [3.63, 3.8) is 0 Å². The van der Waals surface area contributed by atoms with Crippen LogP contribution in [0.5, 0.6) is 0 Å². The lowest BCUT2D eigenvalue weighted by Gasteiger charge is -2.19. The first-order valence-corrected chi connectivity index (χ1v) is 10.5. The van der Waals surface area contributed by atoms with E-state index in [1.54, 1.807) is 6.33 Å². The highest BCUT2D eigenvalue weighted by Crippen LogP contribution is 2.20. The number of benzene rings is 2. The zero-order valence-electron chi connectivity index (χ0n) is 18.2. The van der Waals surface area contributed by atoms with E-state index >= 15 is 0 Å². The van der Waals surface area contributed by atoms with Gasteiger partial charge in [0.2, 0.25) is 17.8 Å². The lowest BCUT2D eigenvalue weighted by atomic mass is 10.0. The maximum atomic E-state index is 4.72. The van der Waals surface area contributed by atoms with E-state index in [2.05, 4.69) is 51.8 Å². The molecule has 2 aromatic carbocycles. The summed E-state index contributed by atoms with van der Waals surface area (Å²) in [6.07, 6.45) is 1.76. The molecule has 0 aliphatic rings. The fourth-order valence-electron chi connectivity index (χ4n) is 3.35. The predicted octanol–water partition coefficient (Wildman–Crippen LogP) is 3.08. The molecule has 0 amide bonds. The van der Waals surface area contributed by atoms with Crippen LogP contribution in [-0.2, 0) is 0 Å². The Morgan fingerprint density at radius 3 is 2.58 bits per heavy atom. The second-order valence-corrected chi connectivity index (χ2v) is 7.58. The van der Waals surface area contributed by atoms with Gasteiger partial charge in [-0.05, 0) is 30.7 Å². The van der Waals surface area contributed by atoms with Crippen molar-refractivity contribution >= 4 is 22.9 Å². The number of aromatic nitrogens is 5. The van der Waals surface area contributed by atoms with Crippen LogP contribution < -0.4 is 15.5 Å². The number of hydrogen-bond donors (Lipinski definition) is 2. The van der Waals surface area contributed by atoms with E-state index < -0.39 is 0 Å². The van der Waals surface area contributed by atoms with Crippen molar-refractivity contribution in [2.75, 3.05) is 43.9 Å². The smallest absolute Gasteiger partial charge is 0.242 e. The molecule has 4 aromatic rings. The Morgan fingerprint density at radius 2 is 1.77 bits per heavy atom. The molecule has 1 unspecified atom stereocenters. The molecule has 0 radical (unpaired) electrons. The van der Waals surface area contributed by atoms with Crippen LogP contribution in [0.2, 0.25) is 0 Å². The maximum absolute atomic E-state index is 4.72. The van der Waals surface area contributed by atoms with Crippen LogP contribution in [0.15, 0.2) is 60.9 Å². The zero-order chi connectivity index (χ0) is 21.6. The van der Waals surface area contributed by atoms with Crippen LogP contribution in [-0.4, -0.2) is 58.2 Å². The van der Waals surface area contributed by atoms with Gasteiger partial charge in [0.15, 0.2) is 0 Å². The number of para-hydroxylation sites is 2. The fraction of sp³-hybridized carbons (Fsp3) is 0.304. The number of likely N-dealkylation sites (N-methyl/N-ethyl adjacent to an activating group) is 2. The van der Waals surface area contributed by atoms with E-state index in [1.807, 2.05) is 53.9 Å². The highest BCUT2D eigenvalue weighted by molar-refractivity contribution is 5.76. The van der Waals surface area contributed by atoms with Crippen molar-refractivity contribution in [1.82, 2.24) is 29.8 Å². The Kier molecular flexibility index (Phi) is 6.37. The summed E-state index contributed by atoms with van der Waals surface area (Å²) in [7, 11) is 3.92. The molecule has 31 heavy (non-hydrogen) atoms. The van der Waals surface area contributed by atoms with E-state index in [9.17, 15) is 0 Å². The normalized spacial score (nSPS) is 12.1. The van der Waals surface area contributed by atoms with Crippen molar-refractivity contribution in [2.45, 2.75) is 12.8 Å². The van der Waals surface area contributed by atoms with Gasteiger partial charge in [0.25, 0.3) is 0 Å². The lowest BCUT2D eigenvalue weighted by molar-refractivity contribution is 0.743. The lowest BCUT2D eigenvalue weighted by Crippen LogP contribution is -2.29. The number of fused-ring (bicyclic) bond motifs is 1. The van der Waals surface area contributed by atoms with Gasteiger partial charge in [0, 0.05) is 26.7 Å². The van der Waals surface area contributed by atoms with Gasteiger partial charge in [-0.2, -0.15) is 15.0 Å². The van der Waals surface area contributed by atoms with Crippen LogP contribution in [0.4, 0.5) is 11.9 Å². The minimum absolute atomic E-state index is 0.320. The molecule has 160 valence electrons. The highest BCUT2D eigenvalue weighted by Gasteiger charge is 2.14. The summed E-state index contributed by atoms with van der Waals surface area (Å²) >= 11 is 0. The second kappa shape index (κ2) is 9.53. The quantitative estimate of drug-likeness (QED) is 0.434. The Hall–Kier alpha value is -3.52. The zero-order valence-corrected chi connectivity index (χ0v) is 18.2. The first-order valence-electron chi connectivity index (χ1n) is 10.5. The maximum Gasteiger partial charge on any atom is 0.242 e. The van der Waals surface area contributed by atoms with Gasteiger partial charge in [0.1, 0.15) is 6.33 Å². The molecule has 8 nitrogen and oxygen atoms in total. The van der Waals surface area contributed by atoms with Gasteiger partial charge in [-0.15, -0.1) is 0 Å². The van der Waals surface area contributed by atoms with Crippen LogP contribution in [0.1, 0.15) is 18.4 Å². The SMILES string of the molecule is CNCCN(C)c1nc(NCC(C)c2ccccc2)nc(-n2cnc3ccccc32)n1. The summed E-state index contributed by atoms with van der Waals surface area (Å²) in [6.45, 7) is 4.52. The predicted molar refractivity (Wildman–Crippen MR) is 125 cm³/mol. The second-order valence-electron chi connectivity index (χ2n) is 7.58. The monoisotopic (exact) mass is 416 g/mol. The first-order chi connectivity index (χ1) is 15.2. The molecule has 0 bridgehead atoms. The van der Waals surface area contributed by atoms with Gasteiger partial charge < -0.3 is 15.5 Å². The topological polar surface area (TPSA) is 83.8 Å². The molecule has 8 heteroatoms. The van der Waals surface area contributed by atoms with Gasteiger partial charge >= 0.3 is 0 Å². The molecular formula is C23H28N8. The number of hydrogen-bond acceptors (Lipinski definition) is 7. The number of rotatable bonds is 9. The van der Waals surface area contributed by atoms with E-state index in [-0.39, 0.29) is 0 Å². The molecule has 0 aliphatic carbocycles. The van der Waals surface area contributed by atoms with E-state index in [1.165, 1.54) is 5.56 Å². The molecule has 0 fully saturated rings. The summed E-state index contributed by atoms with van der Waals surface area (Å²) in [5.74, 6) is 2.04. The molecule has 0 saturated carbocycles. The first kappa shape index (κ1) is 20.7. The largest absolute Gasteiger partial charge is 0.353 e. The van der Waals surface area contributed by atoms with Crippen LogP contribution >= 0.6 is 0 Å². The third kappa shape index (κ3) is 4.80. The Morgan fingerprint density at radius 1 is 1.00 bits per heavy atom. The summed E-state index contributed by atoms with van der Waals surface area (Å²) in [5.41, 5.74) is 3.14. The van der Waals surface area contributed by atoms with Crippen LogP contribution in [0, 0.1) is 0 Å². The molecule has 4 rings (SSSR count). The standard InChI is InChI=1S/C23H28N8/c1-17(18-9-5-4-6-10-18)15-25-21-27-22(30(3)14-13-24-2)29-23(28-21)31-16-26-19-11-7-8-12-20(19)31/h4-12,16-17,24H,13-15H2,1-3H3,(H,25,27,28,29). The van der Waals surface area contributed by atoms with E-state index in [0.29, 0.717) is 23.8 Å². The fourth-order valence-corrected chi connectivity index (χ4v) is 3.35. The van der Waals surface area contributed by atoms with E-state index in [4.69, 9.17) is 9.97 Å². The molecule has 0 aliphatic heterocycles. The number of nitrogens with one attached hydrogen (secondary N) is 2. The van der Waals surface area contributed by atoms with Crippen molar-refractivity contribution in [3.05, 3.63) is 66.5 Å². The van der Waals surface area contributed by atoms with Crippen LogP contribution in [0.3, 0.4) is 0 Å². The highest BCUT2D eigenvalue weighted by atomic mass is 15.3. The summed E-state index contributed by atoms with van der Waals surface area (Å²) < 4.78 is 1.90. The van der Waals surface area contributed by atoms with Gasteiger partial charge in [-0.3, -0.25) is 4.57 Å². The van der Waals surface area contributed by atoms with Gasteiger partial charge in [-0.25, -0.2) is 4.98 Å². The van der Waals surface area contributed by atoms with Gasteiger partial charge in [0.05, 0.1) is 11.0 Å². The van der Waals surface area contributed by atoms with E-state index in [0.717, 1.165) is 30.7 Å². The number of anilines is 2. The molecule has 2 N–H and O–H groups in total. The molecule has 2 heterocycles. The summed E-state index contributed by atoms with van der Waals surface area (Å²) in [5, 5.41) is 6.57. The summed E-state index contributed by atoms with van der Waals surface area (Å²) in [4.78, 5) is 20.6. The average molecular weight is 417 g/mol. The van der Waals surface area contributed by atoms with Crippen molar-refractivity contribution in [3.8, 4) is 5.95 Å². The van der Waals surface area contributed by atoms with Gasteiger partial charge in [-0.1, -0.05) is 49.4 Å². The third-order valence-electron chi connectivity index (χ3n) is 5.25. The molecule has 1 atom stereocenters.